The van der Waals surface area contributed by atoms with Gasteiger partial charge in [-0.2, -0.15) is 0 Å². The molecule has 4 rings (SSSR count). The quantitative estimate of drug-likeness (QED) is 0.762. The van der Waals surface area contributed by atoms with E-state index in [0.29, 0.717) is 19.6 Å². The first-order valence-electron chi connectivity index (χ1n) is 11.1. The number of amides is 2. The molecule has 0 saturated carbocycles. The van der Waals surface area contributed by atoms with Gasteiger partial charge in [-0.05, 0) is 31.9 Å². The van der Waals surface area contributed by atoms with Crippen LogP contribution in [-0.4, -0.2) is 77.5 Å². The molecule has 0 radical (unpaired) electrons. The lowest BCUT2D eigenvalue weighted by Gasteiger charge is -2.36. The highest BCUT2D eigenvalue weighted by Crippen LogP contribution is 2.20. The molecule has 2 saturated heterocycles. The maximum atomic E-state index is 12.8. The van der Waals surface area contributed by atoms with Gasteiger partial charge in [0.05, 0.1) is 12.2 Å². The Kier molecular flexibility index (Phi) is 6.99. The Hall–Kier alpha value is -2.71. The number of piperazine rings is 1. The zero-order valence-electron chi connectivity index (χ0n) is 18.1. The summed E-state index contributed by atoms with van der Waals surface area (Å²) in [6.07, 6.45) is 1.44. The summed E-state index contributed by atoms with van der Waals surface area (Å²) in [4.78, 5) is 31.7. The summed E-state index contributed by atoms with van der Waals surface area (Å²) >= 11 is 0. The van der Waals surface area contributed by atoms with Gasteiger partial charge in [-0.15, -0.1) is 0 Å². The number of hydrogen-bond acceptors (Lipinski definition) is 6. The van der Waals surface area contributed by atoms with Crippen molar-refractivity contribution in [3.05, 3.63) is 47.9 Å². The topological polar surface area (TPSA) is 81.9 Å². The van der Waals surface area contributed by atoms with E-state index in [9.17, 15) is 9.59 Å². The number of carbonyl (C=O) groups is 2. The van der Waals surface area contributed by atoms with E-state index >= 15 is 0 Å². The number of rotatable bonds is 6. The van der Waals surface area contributed by atoms with Gasteiger partial charge in [-0.25, -0.2) is 0 Å². The minimum atomic E-state index is -0.0343. The molecule has 166 valence electrons. The molecule has 2 amide bonds. The number of carbonyl (C=O) groups excluding carboxylic acids is 2. The van der Waals surface area contributed by atoms with Gasteiger partial charge in [0.25, 0.3) is 0 Å². The summed E-state index contributed by atoms with van der Waals surface area (Å²) in [6.45, 7) is 8.03. The number of likely N-dealkylation sites (tertiary alicyclic amines) is 1. The van der Waals surface area contributed by atoms with Crippen molar-refractivity contribution in [2.75, 3.05) is 51.1 Å². The number of para-hydroxylation sites is 1. The van der Waals surface area contributed by atoms with Gasteiger partial charge in [0.15, 0.2) is 0 Å². The number of hydrogen-bond donors (Lipinski definition) is 1. The van der Waals surface area contributed by atoms with Crippen molar-refractivity contribution >= 4 is 17.5 Å². The number of aryl methyl sites for hydroxylation is 1. The molecule has 2 aromatic rings. The third-order valence-electron chi connectivity index (χ3n) is 6.15. The lowest BCUT2D eigenvalue weighted by atomic mass is 9.95. The van der Waals surface area contributed by atoms with Gasteiger partial charge in [-0.3, -0.25) is 19.4 Å². The number of nitrogens with zero attached hydrogens (tertiary/aromatic N) is 4. The second-order valence-corrected chi connectivity index (χ2v) is 8.49. The van der Waals surface area contributed by atoms with Crippen molar-refractivity contribution in [3.63, 3.8) is 0 Å². The van der Waals surface area contributed by atoms with Crippen LogP contribution in [0.4, 0.5) is 5.69 Å². The lowest BCUT2D eigenvalue weighted by molar-refractivity contribution is -0.136. The maximum Gasteiger partial charge on any atom is 0.236 e. The van der Waals surface area contributed by atoms with E-state index in [1.807, 2.05) is 48.2 Å². The summed E-state index contributed by atoms with van der Waals surface area (Å²) < 4.78 is 5.14. The van der Waals surface area contributed by atoms with Crippen LogP contribution in [0.25, 0.3) is 0 Å². The fourth-order valence-corrected chi connectivity index (χ4v) is 4.28. The van der Waals surface area contributed by atoms with Gasteiger partial charge in [0.2, 0.25) is 11.8 Å². The van der Waals surface area contributed by atoms with Crippen molar-refractivity contribution < 1.29 is 14.1 Å². The molecule has 3 heterocycles. The summed E-state index contributed by atoms with van der Waals surface area (Å²) in [5, 5.41) is 7.04. The van der Waals surface area contributed by atoms with Gasteiger partial charge >= 0.3 is 0 Å². The van der Waals surface area contributed by atoms with Gasteiger partial charge < -0.3 is 14.7 Å². The molecule has 2 fully saturated rings. The van der Waals surface area contributed by atoms with Crippen LogP contribution in [-0.2, 0) is 16.1 Å². The van der Waals surface area contributed by atoms with E-state index in [2.05, 4.69) is 20.3 Å². The first kappa shape index (κ1) is 21.5. The van der Waals surface area contributed by atoms with Crippen LogP contribution >= 0.6 is 0 Å². The van der Waals surface area contributed by atoms with Crippen molar-refractivity contribution in [3.8, 4) is 0 Å². The SMILES string of the molecule is Cc1cc(CN2CCN(CC(=O)N3CCC(C(=O)Nc4ccccc4)CC3)CC2)no1. The van der Waals surface area contributed by atoms with E-state index < -0.39 is 0 Å². The molecule has 1 aromatic heterocycles. The highest BCUT2D eigenvalue weighted by Gasteiger charge is 2.29. The molecule has 0 unspecified atom stereocenters. The molecule has 8 nitrogen and oxygen atoms in total. The molecule has 31 heavy (non-hydrogen) atoms. The molecule has 0 bridgehead atoms. The van der Waals surface area contributed by atoms with Crippen LogP contribution in [0, 0.1) is 12.8 Å². The highest BCUT2D eigenvalue weighted by molar-refractivity contribution is 5.92. The van der Waals surface area contributed by atoms with Crippen LogP contribution < -0.4 is 5.32 Å². The normalized spacial score (nSPS) is 18.8. The Balaban J connectivity index is 1.16. The second-order valence-electron chi connectivity index (χ2n) is 8.49. The van der Waals surface area contributed by atoms with E-state index in [1.54, 1.807) is 0 Å². The number of anilines is 1. The highest BCUT2D eigenvalue weighted by atomic mass is 16.5. The zero-order chi connectivity index (χ0) is 21.6. The molecular weight excluding hydrogens is 394 g/mol. The first-order valence-corrected chi connectivity index (χ1v) is 11.1. The van der Waals surface area contributed by atoms with Crippen LogP contribution in [0.15, 0.2) is 40.9 Å². The fraction of sp³-hybridized carbons (Fsp3) is 0.522. The van der Waals surface area contributed by atoms with E-state index in [1.165, 1.54) is 0 Å². The summed E-state index contributed by atoms with van der Waals surface area (Å²) in [7, 11) is 0. The number of piperidine rings is 1. The van der Waals surface area contributed by atoms with Crippen molar-refractivity contribution in [1.82, 2.24) is 19.9 Å². The number of aromatic nitrogens is 1. The van der Waals surface area contributed by atoms with Gasteiger partial charge in [-0.1, -0.05) is 23.4 Å². The van der Waals surface area contributed by atoms with Crippen LogP contribution in [0.5, 0.6) is 0 Å². The smallest absolute Gasteiger partial charge is 0.236 e. The Morgan fingerprint density at radius 3 is 2.35 bits per heavy atom. The average molecular weight is 426 g/mol. The predicted molar refractivity (Wildman–Crippen MR) is 117 cm³/mol. The second kappa shape index (κ2) is 10.1. The van der Waals surface area contributed by atoms with E-state index in [4.69, 9.17) is 4.52 Å². The fourth-order valence-electron chi connectivity index (χ4n) is 4.28. The van der Waals surface area contributed by atoms with Crippen LogP contribution in [0.2, 0.25) is 0 Å². The molecule has 2 aliphatic heterocycles. The van der Waals surface area contributed by atoms with Gasteiger partial charge in [0, 0.05) is 63.5 Å². The summed E-state index contributed by atoms with van der Waals surface area (Å²) in [6, 6.07) is 11.5. The number of benzene rings is 1. The maximum absolute atomic E-state index is 12.8. The van der Waals surface area contributed by atoms with Gasteiger partial charge in [0.1, 0.15) is 5.76 Å². The zero-order valence-corrected chi connectivity index (χ0v) is 18.1. The summed E-state index contributed by atoms with van der Waals surface area (Å²) in [5.74, 6) is 1.02. The third-order valence-corrected chi connectivity index (χ3v) is 6.15. The Bertz CT molecular complexity index is 868. The minimum Gasteiger partial charge on any atom is -0.361 e. The van der Waals surface area contributed by atoms with Crippen LogP contribution in [0.3, 0.4) is 0 Å². The molecule has 0 atom stereocenters. The lowest BCUT2D eigenvalue weighted by Crippen LogP contribution is -2.51. The van der Waals surface area contributed by atoms with Crippen molar-refractivity contribution in [2.45, 2.75) is 26.3 Å². The largest absolute Gasteiger partial charge is 0.361 e. The third kappa shape index (κ3) is 5.92. The molecule has 2 aliphatic rings. The number of nitrogens with one attached hydrogen (secondary N) is 1. The molecule has 0 spiro atoms. The Labute approximate surface area is 183 Å². The minimum absolute atomic E-state index is 0.0343. The monoisotopic (exact) mass is 425 g/mol. The van der Waals surface area contributed by atoms with Crippen molar-refractivity contribution in [1.29, 1.82) is 0 Å². The Morgan fingerprint density at radius 2 is 1.71 bits per heavy atom. The van der Waals surface area contributed by atoms with E-state index in [0.717, 1.165) is 62.7 Å². The molecule has 1 N–H and O–H groups in total. The average Bonchev–Trinajstić information content (AvgIpc) is 3.20. The molecule has 0 aliphatic carbocycles. The standard InChI is InChI=1S/C23H31N5O3/c1-18-15-21(25-31-18)16-26-11-13-27(14-12-26)17-22(29)28-9-7-19(8-10-28)23(30)24-20-5-3-2-4-6-20/h2-6,15,19H,7-14,16-17H2,1H3,(H,24,30). The van der Waals surface area contributed by atoms with Crippen molar-refractivity contribution in [2.24, 2.45) is 5.92 Å². The van der Waals surface area contributed by atoms with Crippen LogP contribution in [0.1, 0.15) is 24.3 Å². The summed E-state index contributed by atoms with van der Waals surface area (Å²) in [5.41, 5.74) is 1.78. The Morgan fingerprint density at radius 1 is 1.03 bits per heavy atom. The predicted octanol–water partition coefficient (Wildman–Crippen LogP) is 1.98. The molecular formula is C23H31N5O3. The van der Waals surface area contributed by atoms with E-state index in [-0.39, 0.29) is 17.7 Å². The first-order chi connectivity index (χ1) is 15.1. The molecule has 8 heteroatoms. The molecule has 1 aromatic carbocycles.